The largest absolute Gasteiger partial charge is 0.399 e. The number of nitrogen functional groups attached to an aromatic ring is 1. The fourth-order valence-corrected chi connectivity index (χ4v) is 1.52. The lowest BCUT2D eigenvalue weighted by atomic mass is 10.2. The van der Waals surface area contributed by atoms with Crippen LogP contribution in [0.3, 0.4) is 0 Å². The topological polar surface area (TPSA) is 60.9 Å². The highest BCUT2D eigenvalue weighted by Crippen LogP contribution is 2.07. The highest BCUT2D eigenvalue weighted by Gasteiger charge is 1.99. The number of benzene rings is 1. The molecule has 4 heteroatoms. The lowest BCUT2D eigenvalue weighted by molar-refractivity contribution is 0.730. The second-order valence-corrected chi connectivity index (χ2v) is 3.74. The van der Waals surface area contributed by atoms with Crippen molar-refractivity contribution in [2.45, 2.75) is 13.5 Å². The van der Waals surface area contributed by atoms with E-state index in [0.717, 1.165) is 11.3 Å². The van der Waals surface area contributed by atoms with Gasteiger partial charge in [0.15, 0.2) is 0 Å². The molecule has 1 aromatic carbocycles. The van der Waals surface area contributed by atoms with Crippen molar-refractivity contribution in [1.82, 2.24) is 9.55 Å². The van der Waals surface area contributed by atoms with E-state index in [-0.39, 0.29) is 5.56 Å². The third kappa shape index (κ3) is 2.28. The quantitative estimate of drug-likeness (QED) is 0.765. The monoisotopic (exact) mass is 215 g/mol. The smallest absolute Gasteiger partial charge is 0.253 e. The molecule has 0 radical (unpaired) electrons. The van der Waals surface area contributed by atoms with Crippen LogP contribution in [0.4, 0.5) is 5.69 Å². The van der Waals surface area contributed by atoms with Gasteiger partial charge in [-0.1, -0.05) is 12.1 Å². The van der Waals surface area contributed by atoms with E-state index in [1.54, 1.807) is 17.8 Å². The standard InChI is InChI=1S/C12H13N3O/c1-9-5-12(16)15(8-14-9)7-10-3-2-4-11(13)6-10/h2-6,8H,7,13H2,1H3. The number of aromatic nitrogens is 2. The van der Waals surface area contributed by atoms with Gasteiger partial charge in [0, 0.05) is 17.4 Å². The van der Waals surface area contributed by atoms with Gasteiger partial charge in [0.05, 0.1) is 12.9 Å². The molecule has 0 aliphatic carbocycles. The van der Waals surface area contributed by atoms with E-state index in [0.29, 0.717) is 12.2 Å². The number of anilines is 1. The molecule has 0 amide bonds. The van der Waals surface area contributed by atoms with Crippen molar-refractivity contribution in [3.63, 3.8) is 0 Å². The van der Waals surface area contributed by atoms with Crippen LogP contribution >= 0.6 is 0 Å². The van der Waals surface area contributed by atoms with E-state index in [4.69, 9.17) is 5.73 Å². The maximum absolute atomic E-state index is 11.6. The Morgan fingerprint density at radius 3 is 2.88 bits per heavy atom. The molecule has 2 rings (SSSR count). The number of nitrogens with zero attached hydrogens (tertiary/aromatic N) is 2. The Morgan fingerprint density at radius 1 is 1.38 bits per heavy atom. The Hall–Kier alpha value is -2.10. The van der Waals surface area contributed by atoms with Crippen LogP contribution in [0.25, 0.3) is 0 Å². The molecule has 2 N–H and O–H groups in total. The van der Waals surface area contributed by atoms with Crippen LogP contribution in [0.2, 0.25) is 0 Å². The average molecular weight is 215 g/mol. The first-order valence-electron chi connectivity index (χ1n) is 5.02. The zero-order chi connectivity index (χ0) is 11.5. The summed E-state index contributed by atoms with van der Waals surface area (Å²) in [6.07, 6.45) is 1.56. The molecule has 0 atom stereocenters. The Labute approximate surface area is 93.4 Å². The molecule has 0 saturated heterocycles. The fraction of sp³-hybridized carbons (Fsp3) is 0.167. The van der Waals surface area contributed by atoms with Crippen LogP contribution < -0.4 is 11.3 Å². The lowest BCUT2D eigenvalue weighted by Gasteiger charge is -2.05. The fourth-order valence-electron chi connectivity index (χ4n) is 1.52. The summed E-state index contributed by atoms with van der Waals surface area (Å²) in [5.41, 5.74) is 8.05. The molecule has 0 aliphatic heterocycles. The van der Waals surface area contributed by atoms with Gasteiger partial charge >= 0.3 is 0 Å². The molecule has 1 aromatic heterocycles. The SMILES string of the molecule is Cc1cc(=O)n(Cc2cccc(N)c2)cn1. The molecule has 0 aliphatic rings. The van der Waals surface area contributed by atoms with Gasteiger partial charge in [0.2, 0.25) is 0 Å². The van der Waals surface area contributed by atoms with Gasteiger partial charge in [-0.2, -0.15) is 0 Å². The summed E-state index contributed by atoms with van der Waals surface area (Å²) in [6, 6.07) is 9.00. The Kier molecular flexibility index (Phi) is 2.72. The number of aryl methyl sites for hydroxylation is 1. The summed E-state index contributed by atoms with van der Waals surface area (Å²) in [5, 5.41) is 0. The van der Waals surface area contributed by atoms with Crippen LogP contribution in [0.1, 0.15) is 11.3 Å². The first-order valence-corrected chi connectivity index (χ1v) is 5.02. The van der Waals surface area contributed by atoms with Crippen molar-refractivity contribution in [3.05, 3.63) is 58.3 Å². The first-order chi connectivity index (χ1) is 7.65. The van der Waals surface area contributed by atoms with E-state index in [2.05, 4.69) is 4.98 Å². The molecule has 2 aromatic rings. The summed E-state index contributed by atoms with van der Waals surface area (Å²) in [6.45, 7) is 2.30. The molecule has 4 nitrogen and oxygen atoms in total. The average Bonchev–Trinajstić information content (AvgIpc) is 2.22. The van der Waals surface area contributed by atoms with Crippen molar-refractivity contribution in [2.24, 2.45) is 0 Å². The molecule has 0 unspecified atom stereocenters. The second-order valence-electron chi connectivity index (χ2n) is 3.74. The number of hydrogen-bond donors (Lipinski definition) is 1. The van der Waals surface area contributed by atoms with E-state index in [1.165, 1.54) is 6.07 Å². The third-order valence-corrected chi connectivity index (χ3v) is 2.32. The molecular weight excluding hydrogens is 202 g/mol. The molecule has 0 spiro atoms. The Balaban J connectivity index is 2.31. The van der Waals surface area contributed by atoms with E-state index >= 15 is 0 Å². The molecule has 1 heterocycles. The minimum absolute atomic E-state index is 0.0464. The molecule has 82 valence electrons. The molecule has 0 fully saturated rings. The Morgan fingerprint density at radius 2 is 2.19 bits per heavy atom. The van der Waals surface area contributed by atoms with Crippen LogP contribution in [-0.2, 0) is 6.54 Å². The zero-order valence-electron chi connectivity index (χ0n) is 9.05. The van der Waals surface area contributed by atoms with Crippen molar-refractivity contribution in [1.29, 1.82) is 0 Å². The number of nitrogens with two attached hydrogens (primary N) is 1. The zero-order valence-corrected chi connectivity index (χ0v) is 9.05. The third-order valence-electron chi connectivity index (χ3n) is 2.32. The number of hydrogen-bond acceptors (Lipinski definition) is 3. The van der Waals surface area contributed by atoms with E-state index < -0.39 is 0 Å². The normalized spacial score (nSPS) is 10.3. The van der Waals surface area contributed by atoms with Gasteiger partial charge in [-0.15, -0.1) is 0 Å². The first kappa shape index (κ1) is 10.4. The Bertz CT molecular complexity index is 560. The lowest BCUT2D eigenvalue weighted by Crippen LogP contribution is -2.20. The summed E-state index contributed by atoms with van der Waals surface area (Å²) in [4.78, 5) is 15.7. The maximum Gasteiger partial charge on any atom is 0.253 e. The highest BCUT2D eigenvalue weighted by molar-refractivity contribution is 5.40. The molecule has 0 bridgehead atoms. The van der Waals surface area contributed by atoms with Crippen LogP contribution in [0.5, 0.6) is 0 Å². The molecule has 0 saturated carbocycles. The van der Waals surface area contributed by atoms with Gasteiger partial charge in [0.1, 0.15) is 0 Å². The van der Waals surface area contributed by atoms with Gasteiger partial charge in [0.25, 0.3) is 5.56 Å². The highest BCUT2D eigenvalue weighted by atomic mass is 16.1. The minimum Gasteiger partial charge on any atom is -0.399 e. The van der Waals surface area contributed by atoms with Gasteiger partial charge < -0.3 is 5.73 Å². The van der Waals surface area contributed by atoms with Crippen LogP contribution in [-0.4, -0.2) is 9.55 Å². The van der Waals surface area contributed by atoms with Crippen molar-refractivity contribution in [3.8, 4) is 0 Å². The van der Waals surface area contributed by atoms with Gasteiger partial charge in [-0.05, 0) is 24.6 Å². The summed E-state index contributed by atoms with van der Waals surface area (Å²) in [7, 11) is 0. The minimum atomic E-state index is -0.0464. The van der Waals surface area contributed by atoms with Crippen LogP contribution in [0.15, 0.2) is 41.5 Å². The second kappa shape index (κ2) is 4.18. The van der Waals surface area contributed by atoms with Gasteiger partial charge in [-0.25, -0.2) is 4.98 Å². The summed E-state index contributed by atoms with van der Waals surface area (Å²) >= 11 is 0. The van der Waals surface area contributed by atoms with Crippen LogP contribution in [0, 0.1) is 6.92 Å². The molecule has 16 heavy (non-hydrogen) atoms. The van der Waals surface area contributed by atoms with E-state index in [1.807, 2.05) is 24.3 Å². The van der Waals surface area contributed by atoms with Crippen molar-refractivity contribution >= 4 is 5.69 Å². The summed E-state index contributed by atoms with van der Waals surface area (Å²) in [5.74, 6) is 0. The van der Waals surface area contributed by atoms with Crippen molar-refractivity contribution in [2.75, 3.05) is 5.73 Å². The predicted molar refractivity (Wildman–Crippen MR) is 63.2 cm³/mol. The van der Waals surface area contributed by atoms with Crippen molar-refractivity contribution < 1.29 is 0 Å². The van der Waals surface area contributed by atoms with Gasteiger partial charge in [-0.3, -0.25) is 9.36 Å². The molecular formula is C12H13N3O. The maximum atomic E-state index is 11.6. The summed E-state index contributed by atoms with van der Waals surface area (Å²) < 4.78 is 1.56. The predicted octanol–water partition coefficient (Wildman–Crippen LogP) is 1.18. The number of rotatable bonds is 2. The van der Waals surface area contributed by atoms with E-state index in [9.17, 15) is 4.79 Å².